The zero-order valence-corrected chi connectivity index (χ0v) is 14.2. The average molecular weight is 344 g/mol. The summed E-state index contributed by atoms with van der Waals surface area (Å²) in [6.45, 7) is 2.35. The fourth-order valence-corrected chi connectivity index (χ4v) is 3.34. The molecule has 6 heteroatoms. The lowest BCUT2D eigenvalue weighted by Crippen LogP contribution is -2.24. The first-order chi connectivity index (χ1) is 11.2. The lowest BCUT2D eigenvalue weighted by atomic mass is 10.3. The monoisotopic (exact) mass is 344 g/mol. The van der Waals surface area contributed by atoms with E-state index < -0.39 is 0 Å². The Kier molecular flexibility index (Phi) is 5.15. The van der Waals surface area contributed by atoms with Gasteiger partial charge in [-0.1, -0.05) is 18.2 Å². The molecule has 3 aromatic rings. The summed E-state index contributed by atoms with van der Waals surface area (Å²) in [6, 6.07) is 13.6. The number of furan rings is 1. The molecule has 0 aliphatic carbocycles. The first kappa shape index (κ1) is 15.8. The van der Waals surface area contributed by atoms with Crippen molar-refractivity contribution in [1.29, 1.82) is 0 Å². The highest BCUT2D eigenvalue weighted by atomic mass is 32.2. The number of amides is 1. The zero-order chi connectivity index (χ0) is 16.1. The van der Waals surface area contributed by atoms with Gasteiger partial charge in [0.1, 0.15) is 11.5 Å². The summed E-state index contributed by atoms with van der Waals surface area (Å²) in [5.74, 6) is 1.84. The van der Waals surface area contributed by atoms with Crippen molar-refractivity contribution in [3.63, 3.8) is 0 Å². The lowest BCUT2D eigenvalue weighted by Gasteiger charge is -2.03. The summed E-state index contributed by atoms with van der Waals surface area (Å²) in [6.07, 6.45) is 0. The van der Waals surface area contributed by atoms with Crippen LogP contribution in [0.15, 0.2) is 57.2 Å². The largest absolute Gasteiger partial charge is 0.458 e. The van der Waals surface area contributed by atoms with Gasteiger partial charge < -0.3 is 9.73 Å². The van der Waals surface area contributed by atoms with Crippen molar-refractivity contribution < 1.29 is 9.21 Å². The number of benzene rings is 1. The molecule has 0 saturated carbocycles. The number of aryl methyl sites for hydroxylation is 1. The molecule has 0 aliphatic heterocycles. The maximum absolute atomic E-state index is 11.9. The summed E-state index contributed by atoms with van der Waals surface area (Å²) in [4.78, 5) is 17.4. The minimum absolute atomic E-state index is 0.0127. The van der Waals surface area contributed by atoms with Crippen LogP contribution in [0.25, 0.3) is 11.5 Å². The van der Waals surface area contributed by atoms with Crippen LogP contribution in [0.4, 0.5) is 0 Å². The number of carbonyl (C=O) groups is 1. The van der Waals surface area contributed by atoms with E-state index in [1.807, 2.05) is 54.8 Å². The molecule has 1 aromatic carbocycles. The fraction of sp³-hybridized carbons (Fsp3) is 0.176. The smallest absolute Gasteiger partial charge is 0.230 e. The molecule has 1 N–H and O–H groups in total. The van der Waals surface area contributed by atoms with Crippen LogP contribution in [0, 0.1) is 6.92 Å². The highest BCUT2D eigenvalue weighted by Crippen LogP contribution is 2.23. The Morgan fingerprint density at radius 2 is 2.09 bits per heavy atom. The van der Waals surface area contributed by atoms with Crippen LogP contribution in [0.5, 0.6) is 0 Å². The van der Waals surface area contributed by atoms with E-state index in [0.717, 1.165) is 27.1 Å². The number of hydrogen-bond donors (Lipinski definition) is 1. The van der Waals surface area contributed by atoms with Crippen LogP contribution in [0.2, 0.25) is 0 Å². The molecular formula is C17H16N2O2S2. The molecule has 0 fully saturated rings. The van der Waals surface area contributed by atoms with Crippen molar-refractivity contribution in [3.8, 4) is 11.5 Å². The Morgan fingerprint density at radius 3 is 2.83 bits per heavy atom. The number of aromatic nitrogens is 1. The maximum atomic E-state index is 11.9. The van der Waals surface area contributed by atoms with E-state index in [0.29, 0.717) is 12.3 Å². The van der Waals surface area contributed by atoms with Gasteiger partial charge in [-0.15, -0.1) is 23.1 Å². The molecule has 0 spiro atoms. The molecule has 0 unspecified atom stereocenters. The standard InChI is InChI=1S/C17H16N2O2S2/c1-12-19-15(10-22-12)16-8-7-13(21-16)9-18-17(20)11-23-14-5-3-2-4-6-14/h2-8,10H,9,11H2,1H3,(H,18,20). The van der Waals surface area contributed by atoms with E-state index in [4.69, 9.17) is 4.42 Å². The topological polar surface area (TPSA) is 55.1 Å². The number of thioether (sulfide) groups is 1. The Balaban J connectivity index is 1.48. The Hall–Kier alpha value is -2.05. The number of nitrogens with one attached hydrogen (secondary N) is 1. The van der Waals surface area contributed by atoms with Crippen molar-refractivity contribution in [1.82, 2.24) is 10.3 Å². The minimum Gasteiger partial charge on any atom is -0.458 e. The molecule has 0 atom stereocenters. The SMILES string of the molecule is Cc1nc(-c2ccc(CNC(=O)CSc3ccccc3)o2)cs1. The van der Waals surface area contributed by atoms with E-state index in [1.54, 1.807) is 11.3 Å². The molecule has 0 aliphatic rings. The third kappa shape index (κ3) is 4.46. The third-order valence-corrected chi connectivity index (χ3v) is 4.89. The second kappa shape index (κ2) is 7.48. The van der Waals surface area contributed by atoms with Gasteiger partial charge >= 0.3 is 0 Å². The van der Waals surface area contributed by atoms with Gasteiger partial charge in [0.15, 0.2) is 5.76 Å². The van der Waals surface area contributed by atoms with Gasteiger partial charge in [-0.3, -0.25) is 4.79 Å². The average Bonchev–Trinajstić information content (AvgIpc) is 3.20. The molecule has 0 bridgehead atoms. The second-order valence-corrected chi connectivity index (χ2v) is 7.01. The second-order valence-electron chi connectivity index (χ2n) is 4.90. The number of carbonyl (C=O) groups excluding carboxylic acids is 1. The van der Waals surface area contributed by atoms with Crippen molar-refractivity contribution in [2.45, 2.75) is 18.4 Å². The number of nitrogens with zero attached hydrogens (tertiary/aromatic N) is 1. The predicted molar refractivity (Wildman–Crippen MR) is 93.6 cm³/mol. The molecule has 2 heterocycles. The Labute approximate surface area is 142 Å². The predicted octanol–water partition coefficient (Wildman–Crippen LogP) is 4.12. The maximum Gasteiger partial charge on any atom is 0.230 e. The van der Waals surface area contributed by atoms with Crippen LogP contribution in [0.3, 0.4) is 0 Å². The molecule has 4 nitrogen and oxygen atoms in total. The van der Waals surface area contributed by atoms with E-state index >= 15 is 0 Å². The molecule has 118 valence electrons. The van der Waals surface area contributed by atoms with Crippen molar-refractivity contribution >= 4 is 29.0 Å². The van der Waals surface area contributed by atoms with Crippen molar-refractivity contribution in [2.24, 2.45) is 0 Å². The van der Waals surface area contributed by atoms with Crippen molar-refractivity contribution in [2.75, 3.05) is 5.75 Å². The van der Waals surface area contributed by atoms with Crippen LogP contribution >= 0.6 is 23.1 Å². The quantitative estimate of drug-likeness (QED) is 0.684. The molecule has 0 saturated heterocycles. The molecule has 3 rings (SSSR count). The fourth-order valence-electron chi connectivity index (χ4n) is 1.99. The first-order valence-electron chi connectivity index (χ1n) is 7.16. The molecule has 1 amide bonds. The highest BCUT2D eigenvalue weighted by Gasteiger charge is 2.09. The summed E-state index contributed by atoms with van der Waals surface area (Å²) < 4.78 is 5.72. The molecule has 0 radical (unpaired) electrons. The Bertz CT molecular complexity index is 781. The Morgan fingerprint density at radius 1 is 1.26 bits per heavy atom. The summed E-state index contributed by atoms with van der Waals surface area (Å²) >= 11 is 3.10. The van der Waals surface area contributed by atoms with Crippen LogP contribution in [-0.2, 0) is 11.3 Å². The van der Waals surface area contributed by atoms with Gasteiger partial charge in [0, 0.05) is 10.3 Å². The van der Waals surface area contributed by atoms with Gasteiger partial charge in [-0.25, -0.2) is 4.98 Å². The minimum atomic E-state index is -0.0127. The first-order valence-corrected chi connectivity index (χ1v) is 9.03. The number of hydrogen-bond acceptors (Lipinski definition) is 5. The highest BCUT2D eigenvalue weighted by molar-refractivity contribution is 8.00. The van der Waals surface area contributed by atoms with Crippen LogP contribution < -0.4 is 5.32 Å². The van der Waals surface area contributed by atoms with E-state index in [1.165, 1.54) is 11.8 Å². The van der Waals surface area contributed by atoms with Gasteiger partial charge in [0.05, 0.1) is 17.3 Å². The molecule has 23 heavy (non-hydrogen) atoms. The number of rotatable bonds is 6. The van der Waals surface area contributed by atoms with E-state index in [9.17, 15) is 4.79 Å². The van der Waals surface area contributed by atoms with Gasteiger partial charge in [-0.2, -0.15) is 0 Å². The van der Waals surface area contributed by atoms with E-state index in [-0.39, 0.29) is 5.91 Å². The van der Waals surface area contributed by atoms with Gasteiger partial charge in [0.2, 0.25) is 5.91 Å². The summed E-state index contributed by atoms with van der Waals surface area (Å²) in [5, 5.41) is 5.84. The van der Waals surface area contributed by atoms with Crippen LogP contribution in [0.1, 0.15) is 10.8 Å². The third-order valence-electron chi connectivity index (χ3n) is 3.11. The van der Waals surface area contributed by atoms with E-state index in [2.05, 4.69) is 10.3 Å². The van der Waals surface area contributed by atoms with Gasteiger partial charge in [0.25, 0.3) is 0 Å². The van der Waals surface area contributed by atoms with Gasteiger partial charge in [-0.05, 0) is 31.2 Å². The zero-order valence-electron chi connectivity index (χ0n) is 12.6. The van der Waals surface area contributed by atoms with Crippen LogP contribution in [-0.4, -0.2) is 16.6 Å². The number of thiazole rings is 1. The molecule has 2 aromatic heterocycles. The lowest BCUT2D eigenvalue weighted by molar-refractivity contribution is -0.118. The summed E-state index contributed by atoms with van der Waals surface area (Å²) in [7, 11) is 0. The normalized spacial score (nSPS) is 10.7. The molecular weight excluding hydrogens is 328 g/mol. The summed E-state index contributed by atoms with van der Waals surface area (Å²) in [5.41, 5.74) is 0.838. The van der Waals surface area contributed by atoms with Crippen molar-refractivity contribution in [3.05, 3.63) is 58.6 Å².